The Balaban J connectivity index is 2.01. The van der Waals surface area contributed by atoms with E-state index in [4.69, 9.17) is 0 Å². The Morgan fingerprint density at radius 2 is 2.05 bits per heavy atom. The zero-order valence-corrected chi connectivity index (χ0v) is 12.1. The Hall–Kier alpha value is -1.28. The molecule has 1 N–H and O–H groups in total. The molecule has 0 unspecified atom stereocenters. The third-order valence-electron chi connectivity index (χ3n) is 2.67. The second-order valence-electron chi connectivity index (χ2n) is 4.19. The summed E-state index contributed by atoms with van der Waals surface area (Å²) in [5.41, 5.74) is 0.496. The number of nitrogens with zero attached hydrogens (tertiary/aromatic N) is 2. The first-order valence-electron chi connectivity index (χ1n) is 5.76. The molecule has 2 heterocycles. The minimum Gasteiger partial charge on any atom is -0.323 e. The molecule has 1 saturated heterocycles. The summed E-state index contributed by atoms with van der Waals surface area (Å²) in [4.78, 5) is 17.5. The third-order valence-corrected chi connectivity index (χ3v) is 4.61. The highest BCUT2D eigenvalue weighted by Gasteiger charge is 2.17. The molecule has 0 aromatic carbocycles. The normalized spacial score (nSPS) is 16.2. The van der Waals surface area contributed by atoms with E-state index >= 15 is 0 Å². The summed E-state index contributed by atoms with van der Waals surface area (Å²) in [5, 5.41) is 2.71. The van der Waals surface area contributed by atoms with Crippen LogP contribution in [0.25, 0.3) is 0 Å². The summed E-state index contributed by atoms with van der Waals surface area (Å²) in [6.07, 6.45) is 2.45. The molecule has 1 aromatic rings. The smallest absolute Gasteiger partial charge is 0.321 e. The summed E-state index contributed by atoms with van der Waals surface area (Å²) >= 11 is 1.83. The van der Waals surface area contributed by atoms with Crippen molar-refractivity contribution < 1.29 is 13.2 Å². The number of anilines is 1. The summed E-state index contributed by atoms with van der Waals surface area (Å²) < 4.78 is 22.5. The molecule has 6 nitrogen and oxygen atoms in total. The van der Waals surface area contributed by atoms with Gasteiger partial charge in [-0.25, -0.2) is 18.2 Å². The Labute approximate surface area is 116 Å². The zero-order chi connectivity index (χ0) is 13.9. The number of sulfone groups is 1. The fourth-order valence-electron chi connectivity index (χ4n) is 1.64. The number of hydrogen-bond donors (Lipinski definition) is 1. The largest absolute Gasteiger partial charge is 0.323 e. The standard InChI is InChI=1S/C11H15N3O3S2/c1-19(16,17)10-3-2-9(8-12-10)13-11(15)14-4-6-18-7-5-14/h2-3,8H,4-7H2,1H3,(H,13,15). The van der Waals surface area contributed by atoms with Crippen molar-refractivity contribution >= 4 is 33.3 Å². The maximum Gasteiger partial charge on any atom is 0.321 e. The van der Waals surface area contributed by atoms with Crippen molar-refractivity contribution in [2.75, 3.05) is 36.2 Å². The van der Waals surface area contributed by atoms with Gasteiger partial charge in [-0.15, -0.1) is 0 Å². The topological polar surface area (TPSA) is 79.4 Å². The highest BCUT2D eigenvalue weighted by molar-refractivity contribution is 7.99. The van der Waals surface area contributed by atoms with E-state index in [1.165, 1.54) is 12.3 Å². The molecular formula is C11H15N3O3S2. The van der Waals surface area contributed by atoms with Crippen molar-refractivity contribution in [3.63, 3.8) is 0 Å². The van der Waals surface area contributed by atoms with Gasteiger partial charge in [0.15, 0.2) is 14.9 Å². The molecule has 0 saturated carbocycles. The number of carbonyl (C=O) groups excluding carboxylic acids is 1. The van der Waals surface area contributed by atoms with Crippen molar-refractivity contribution in [2.24, 2.45) is 0 Å². The first-order chi connectivity index (χ1) is 8.97. The molecule has 0 radical (unpaired) electrons. The van der Waals surface area contributed by atoms with Crippen LogP contribution in [-0.4, -0.2) is 55.2 Å². The van der Waals surface area contributed by atoms with Gasteiger partial charge in [-0.3, -0.25) is 0 Å². The van der Waals surface area contributed by atoms with Crippen molar-refractivity contribution in [3.05, 3.63) is 18.3 Å². The molecule has 19 heavy (non-hydrogen) atoms. The van der Waals surface area contributed by atoms with Gasteiger partial charge in [0, 0.05) is 30.9 Å². The molecule has 0 aliphatic carbocycles. The number of rotatable bonds is 2. The predicted octanol–water partition coefficient (Wildman–Crippen LogP) is 1.07. The first-order valence-corrected chi connectivity index (χ1v) is 8.81. The van der Waals surface area contributed by atoms with E-state index in [-0.39, 0.29) is 11.1 Å². The van der Waals surface area contributed by atoms with E-state index in [0.29, 0.717) is 5.69 Å². The lowest BCUT2D eigenvalue weighted by Crippen LogP contribution is -2.40. The quantitative estimate of drug-likeness (QED) is 0.884. The molecule has 1 fully saturated rings. The third kappa shape index (κ3) is 3.84. The van der Waals surface area contributed by atoms with Crippen molar-refractivity contribution in [1.29, 1.82) is 0 Å². The van der Waals surface area contributed by atoms with Crippen LogP contribution >= 0.6 is 11.8 Å². The van der Waals surface area contributed by atoms with Gasteiger partial charge in [0.2, 0.25) is 0 Å². The van der Waals surface area contributed by atoms with Crippen LogP contribution in [-0.2, 0) is 9.84 Å². The van der Waals surface area contributed by atoms with E-state index in [0.717, 1.165) is 30.9 Å². The van der Waals surface area contributed by atoms with Gasteiger partial charge in [-0.05, 0) is 12.1 Å². The zero-order valence-electron chi connectivity index (χ0n) is 10.5. The van der Waals surface area contributed by atoms with E-state index in [2.05, 4.69) is 10.3 Å². The molecule has 8 heteroatoms. The summed E-state index contributed by atoms with van der Waals surface area (Å²) in [7, 11) is -3.31. The highest BCUT2D eigenvalue weighted by atomic mass is 32.2. The van der Waals surface area contributed by atoms with Crippen LogP contribution in [0.4, 0.5) is 10.5 Å². The van der Waals surface area contributed by atoms with Crippen LogP contribution < -0.4 is 5.32 Å². The lowest BCUT2D eigenvalue weighted by atomic mass is 10.4. The van der Waals surface area contributed by atoms with E-state index in [1.54, 1.807) is 11.0 Å². The van der Waals surface area contributed by atoms with Crippen molar-refractivity contribution in [3.8, 4) is 0 Å². The molecule has 0 atom stereocenters. The second-order valence-corrected chi connectivity index (χ2v) is 7.37. The minimum atomic E-state index is -3.31. The summed E-state index contributed by atoms with van der Waals surface area (Å²) in [5.74, 6) is 1.89. The maximum absolute atomic E-state index is 11.9. The Morgan fingerprint density at radius 1 is 1.37 bits per heavy atom. The Kier molecular flexibility index (Phi) is 4.31. The molecule has 2 amide bonds. The average Bonchev–Trinajstić information content (AvgIpc) is 2.39. The van der Waals surface area contributed by atoms with Crippen LogP contribution in [0, 0.1) is 0 Å². The van der Waals surface area contributed by atoms with Gasteiger partial charge in [0.25, 0.3) is 0 Å². The lowest BCUT2D eigenvalue weighted by Gasteiger charge is -2.26. The molecule has 2 rings (SSSR count). The maximum atomic E-state index is 11.9. The molecule has 1 aliphatic rings. The number of hydrogen-bond acceptors (Lipinski definition) is 5. The van der Waals surface area contributed by atoms with Gasteiger partial charge in [-0.1, -0.05) is 0 Å². The van der Waals surface area contributed by atoms with E-state index < -0.39 is 9.84 Å². The minimum absolute atomic E-state index is 0.000119. The van der Waals surface area contributed by atoms with Crippen LogP contribution in [0.15, 0.2) is 23.4 Å². The van der Waals surface area contributed by atoms with Crippen molar-refractivity contribution in [1.82, 2.24) is 9.88 Å². The van der Waals surface area contributed by atoms with Gasteiger partial charge in [-0.2, -0.15) is 11.8 Å². The van der Waals surface area contributed by atoms with E-state index in [1.807, 2.05) is 11.8 Å². The van der Waals surface area contributed by atoms with E-state index in [9.17, 15) is 13.2 Å². The predicted molar refractivity (Wildman–Crippen MR) is 75.3 cm³/mol. The monoisotopic (exact) mass is 301 g/mol. The van der Waals surface area contributed by atoms with Gasteiger partial charge in [0.05, 0.1) is 11.9 Å². The summed E-state index contributed by atoms with van der Waals surface area (Å²) in [6, 6.07) is 2.76. The van der Waals surface area contributed by atoms with Crippen LogP contribution in [0.3, 0.4) is 0 Å². The number of pyridine rings is 1. The first kappa shape index (κ1) is 14.1. The number of aromatic nitrogens is 1. The Bertz CT molecular complexity index is 551. The fraction of sp³-hybridized carbons (Fsp3) is 0.455. The molecule has 104 valence electrons. The Morgan fingerprint density at radius 3 is 2.58 bits per heavy atom. The molecular weight excluding hydrogens is 286 g/mol. The number of nitrogens with one attached hydrogen (secondary N) is 1. The second kappa shape index (κ2) is 5.79. The number of thioether (sulfide) groups is 1. The van der Waals surface area contributed by atoms with Crippen LogP contribution in [0.2, 0.25) is 0 Å². The van der Waals surface area contributed by atoms with Crippen LogP contribution in [0.5, 0.6) is 0 Å². The molecule has 1 aliphatic heterocycles. The van der Waals surface area contributed by atoms with Gasteiger partial charge < -0.3 is 10.2 Å². The highest BCUT2D eigenvalue weighted by Crippen LogP contribution is 2.13. The average molecular weight is 301 g/mol. The molecule has 1 aromatic heterocycles. The fourth-order valence-corrected chi connectivity index (χ4v) is 3.11. The van der Waals surface area contributed by atoms with Crippen molar-refractivity contribution in [2.45, 2.75) is 5.03 Å². The number of carbonyl (C=O) groups is 1. The van der Waals surface area contributed by atoms with Gasteiger partial charge in [0.1, 0.15) is 0 Å². The molecule has 0 bridgehead atoms. The number of amides is 2. The number of urea groups is 1. The van der Waals surface area contributed by atoms with Crippen LogP contribution in [0.1, 0.15) is 0 Å². The van der Waals surface area contributed by atoms with Gasteiger partial charge >= 0.3 is 6.03 Å². The SMILES string of the molecule is CS(=O)(=O)c1ccc(NC(=O)N2CCSCC2)cn1. The molecule has 0 spiro atoms. The summed E-state index contributed by atoms with van der Waals surface area (Å²) in [6.45, 7) is 1.46. The lowest BCUT2D eigenvalue weighted by molar-refractivity contribution is 0.217.